The molecule has 2 heteroatoms. The van der Waals surface area contributed by atoms with Gasteiger partial charge in [-0.3, -0.25) is 0 Å². The van der Waals surface area contributed by atoms with Crippen LogP contribution in [0, 0.1) is 5.92 Å². The number of hydrogen-bond acceptors (Lipinski definition) is 1. The molecule has 1 aromatic rings. The van der Waals surface area contributed by atoms with Crippen molar-refractivity contribution in [2.45, 2.75) is 0 Å². The van der Waals surface area contributed by atoms with Crippen LogP contribution in [-0.2, 0) is 4.79 Å². The molecule has 0 heterocycles. The Bertz CT molecular complexity index is 481. The van der Waals surface area contributed by atoms with Crippen LogP contribution in [0.1, 0.15) is 5.56 Å². The summed E-state index contributed by atoms with van der Waals surface area (Å²) in [5, 5.41) is 8.96. The number of allylic oxidation sites excluding steroid dienone is 4. The van der Waals surface area contributed by atoms with Crippen LogP contribution in [0.15, 0.2) is 73.4 Å². The van der Waals surface area contributed by atoms with Crippen molar-refractivity contribution in [3.8, 4) is 0 Å². The van der Waals surface area contributed by atoms with Crippen LogP contribution in [0.3, 0.4) is 0 Å². The smallest absolute Gasteiger partial charge is 0.331 e. The number of rotatable bonds is 6. The zero-order valence-corrected chi connectivity index (χ0v) is 10.1. The monoisotopic (exact) mass is 240 g/mol. The fraction of sp³-hybridized carbons (Fsp3) is 0.0625. The van der Waals surface area contributed by atoms with Gasteiger partial charge in [-0.25, -0.2) is 4.79 Å². The molecule has 18 heavy (non-hydrogen) atoms. The van der Waals surface area contributed by atoms with Crippen LogP contribution in [0.4, 0.5) is 0 Å². The van der Waals surface area contributed by atoms with E-state index in [0.717, 1.165) is 5.56 Å². The van der Waals surface area contributed by atoms with E-state index in [1.54, 1.807) is 18.2 Å². The number of aliphatic carboxylic acids is 1. The molecule has 92 valence electrons. The van der Waals surface area contributed by atoms with Gasteiger partial charge in [0.05, 0.1) is 0 Å². The van der Waals surface area contributed by atoms with Gasteiger partial charge in [-0.2, -0.15) is 0 Å². The van der Waals surface area contributed by atoms with Crippen molar-refractivity contribution in [2.75, 3.05) is 0 Å². The molecule has 0 bridgehead atoms. The summed E-state index contributed by atoms with van der Waals surface area (Å²) in [6, 6.07) is 9.70. The summed E-state index contributed by atoms with van der Waals surface area (Å²) in [4.78, 5) is 10.9. The first-order valence-corrected chi connectivity index (χ1v) is 5.59. The molecule has 0 unspecified atom stereocenters. The Morgan fingerprint density at radius 1 is 1.22 bits per heavy atom. The normalized spacial score (nSPS) is 12.7. The molecule has 0 aliphatic rings. The summed E-state index contributed by atoms with van der Waals surface area (Å²) in [5.74, 6) is -1.33. The lowest BCUT2D eigenvalue weighted by molar-refractivity contribution is -0.132. The maximum absolute atomic E-state index is 10.9. The first-order chi connectivity index (χ1) is 8.65. The second-order valence-electron chi connectivity index (χ2n) is 3.75. The molecule has 0 radical (unpaired) electrons. The van der Waals surface area contributed by atoms with Gasteiger partial charge >= 0.3 is 5.97 Å². The van der Waals surface area contributed by atoms with E-state index in [-0.39, 0.29) is 11.5 Å². The highest BCUT2D eigenvalue weighted by Crippen LogP contribution is 2.15. The molecule has 0 saturated carbocycles. The van der Waals surface area contributed by atoms with Gasteiger partial charge in [-0.05, 0) is 5.56 Å². The highest BCUT2D eigenvalue weighted by atomic mass is 16.4. The highest BCUT2D eigenvalue weighted by molar-refractivity contribution is 5.87. The zero-order valence-electron chi connectivity index (χ0n) is 10.1. The average molecular weight is 240 g/mol. The van der Waals surface area contributed by atoms with Crippen LogP contribution in [0.5, 0.6) is 0 Å². The van der Waals surface area contributed by atoms with Crippen molar-refractivity contribution in [3.05, 3.63) is 78.9 Å². The number of carboxylic acids is 1. The lowest BCUT2D eigenvalue weighted by atomic mass is 9.98. The molecular weight excluding hydrogens is 224 g/mol. The van der Waals surface area contributed by atoms with E-state index in [4.69, 9.17) is 5.11 Å². The summed E-state index contributed by atoms with van der Waals surface area (Å²) in [7, 11) is 0. The Balaban J connectivity index is 2.88. The number of hydrogen-bond donors (Lipinski definition) is 1. The zero-order chi connectivity index (χ0) is 13.4. The van der Waals surface area contributed by atoms with Crippen molar-refractivity contribution in [1.29, 1.82) is 0 Å². The summed E-state index contributed by atoms with van der Waals surface area (Å²) in [5.41, 5.74) is 1.16. The molecule has 0 saturated heterocycles. The predicted octanol–water partition coefficient (Wildman–Crippen LogP) is 3.70. The first-order valence-electron chi connectivity index (χ1n) is 5.59. The van der Waals surface area contributed by atoms with Gasteiger partial charge in [0, 0.05) is 11.5 Å². The lowest BCUT2D eigenvalue weighted by Gasteiger charge is -2.07. The molecule has 0 aliphatic carbocycles. The van der Waals surface area contributed by atoms with Crippen LogP contribution >= 0.6 is 0 Å². The van der Waals surface area contributed by atoms with E-state index in [1.807, 2.05) is 42.5 Å². The largest absolute Gasteiger partial charge is 0.478 e. The molecule has 1 N–H and O–H groups in total. The standard InChI is InChI=1S/C16H16O2/c1-3-4-10-15(13(2)16(17)18)12-11-14-8-6-5-7-9-14/h3-12,15H,1-2H2,(H,17,18)/t15-/m0/s1. The molecule has 0 amide bonds. The Labute approximate surface area is 107 Å². The fourth-order valence-corrected chi connectivity index (χ4v) is 1.42. The van der Waals surface area contributed by atoms with E-state index >= 15 is 0 Å². The van der Waals surface area contributed by atoms with E-state index in [0.29, 0.717) is 0 Å². The van der Waals surface area contributed by atoms with Crippen molar-refractivity contribution in [2.24, 2.45) is 5.92 Å². The topological polar surface area (TPSA) is 37.3 Å². The van der Waals surface area contributed by atoms with Crippen molar-refractivity contribution >= 4 is 12.0 Å². The van der Waals surface area contributed by atoms with Crippen LogP contribution < -0.4 is 0 Å². The molecule has 0 spiro atoms. The minimum atomic E-state index is -0.994. The first kappa shape index (κ1) is 13.7. The second kappa shape index (κ2) is 7.07. The molecule has 0 aliphatic heterocycles. The Kier molecular flexibility index (Phi) is 5.39. The predicted molar refractivity (Wildman–Crippen MR) is 75.1 cm³/mol. The van der Waals surface area contributed by atoms with Gasteiger partial charge in [0.25, 0.3) is 0 Å². The molecule has 1 aromatic carbocycles. The van der Waals surface area contributed by atoms with E-state index in [9.17, 15) is 4.79 Å². The van der Waals surface area contributed by atoms with Gasteiger partial charge in [-0.15, -0.1) is 0 Å². The average Bonchev–Trinajstić information content (AvgIpc) is 2.39. The van der Waals surface area contributed by atoms with E-state index < -0.39 is 5.97 Å². The van der Waals surface area contributed by atoms with Crippen LogP contribution in [-0.4, -0.2) is 11.1 Å². The summed E-state index contributed by atoms with van der Waals surface area (Å²) >= 11 is 0. The van der Waals surface area contributed by atoms with Gasteiger partial charge in [0.15, 0.2) is 0 Å². The third-order valence-corrected chi connectivity index (χ3v) is 2.43. The van der Waals surface area contributed by atoms with E-state index in [1.165, 1.54) is 0 Å². The summed E-state index contributed by atoms with van der Waals surface area (Å²) in [6.07, 6.45) is 8.77. The maximum atomic E-state index is 10.9. The van der Waals surface area contributed by atoms with Gasteiger partial charge in [0.2, 0.25) is 0 Å². The molecule has 1 atom stereocenters. The quantitative estimate of drug-likeness (QED) is 0.608. The summed E-state index contributed by atoms with van der Waals surface area (Å²) in [6.45, 7) is 7.15. The van der Waals surface area contributed by atoms with Crippen LogP contribution in [0.25, 0.3) is 6.08 Å². The van der Waals surface area contributed by atoms with Crippen molar-refractivity contribution < 1.29 is 9.90 Å². The van der Waals surface area contributed by atoms with Crippen molar-refractivity contribution in [1.82, 2.24) is 0 Å². The number of benzene rings is 1. The highest BCUT2D eigenvalue weighted by Gasteiger charge is 2.12. The van der Waals surface area contributed by atoms with Crippen LogP contribution in [0.2, 0.25) is 0 Å². The Hall–Kier alpha value is -2.35. The van der Waals surface area contributed by atoms with Gasteiger partial charge < -0.3 is 5.11 Å². The summed E-state index contributed by atoms with van der Waals surface area (Å²) < 4.78 is 0. The lowest BCUT2D eigenvalue weighted by Crippen LogP contribution is -2.07. The second-order valence-corrected chi connectivity index (χ2v) is 3.75. The SMILES string of the molecule is C=CC=C[C@@H](C=Cc1ccccc1)C(=C)C(=O)O. The van der Waals surface area contributed by atoms with Gasteiger partial charge in [-0.1, -0.05) is 73.9 Å². The third kappa shape index (κ3) is 4.26. The minimum absolute atomic E-state index is 0.139. The van der Waals surface area contributed by atoms with E-state index in [2.05, 4.69) is 13.2 Å². The Morgan fingerprint density at radius 2 is 1.89 bits per heavy atom. The molecule has 0 aromatic heterocycles. The number of carboxylic acid groups (broad SMARTS) is 1. The maximum Gasteiger partial charge on any atom is 0.331 e. The van der Waals surface area contributed by atoms with Crippen molar-refractivity contribution in [3.63, 3.8) is 0 Å². The Morgan fingerprint density at radius 3 is 2.44 bits per heavy atom. The molecule has 1 rings (SSSR count). The molecule has 0 fully saturated rings. The fourth-order valence-electron chi connectivity index (χ4n) is 1.42. The number of carbonyl (C=O) groups is 1. The molecule has 2 nitrogen and oxygen atoms in total. The third-order valence-electron chi connectivity index (χ3n) is 2.43. The minimum Gasteiger partial charge on any atom is -0.478 e. The van der Waals surface area contributed by atoms with Gasteiger partial charge in [0.1, 0.15) is 0 Å². The molecular formula is C16H16O2.